The Kier molecular flexibility index (Phi) is 57.2. The van der Waals surface area contributed by atoms with Crippen LogP contribution in [-0.4, -0.2) is 74.3 Å². The molecule has 0 radical (unpaired) electrons. The molecule has 0 aromatic heterocycles. The SMILES string of the molecule is CCCCC/C=C\C/C=C\C/C=C\CCCCCCCCCCCCCCCCC(=O)OC(/C=C\CCCCCCCCCCCC)C(COP(=O)(O)OCC[N+](C)(C)C)NC(=O)CCCCC/C=C\CCCCCCCCC. The standard InChI is InChI=1S/C69H129N2O7P/c1-7-10-13-16-19-22-25-28-30-31-32-33-34-35-36-37-38-39-40-41-42-44-47-50-53-56-59-62-69(73)78-67(60-57-54-51-48-45-27-24-21-18-15-12-9-3)66(65-77-79(74,75)76-64-63-71(4,5)6)70-68(72)61-58-55-52-49-46-43-29-26-23-20-17-14-11-8-2/h19,22,28,30,32-33,43,46,57,60,66-67H,7-18,20-21,23-27,29,31,34-42,44-45,47-56,58-59,61-65H2,1-6H3,(H-,70,72,74,75)/p+1/b22-19-,30-28-,33-32-,46-43-,60-57-. The fourth-order valence-electron chi connectivity index (χ4n) is 9.71. The van der Waals surface area contributed by atoms with Crippen LogP contribution < -0.4 is 5.32 Å². The molecule has 0 aromatic rings. The van der Waals surface area contributed by atoms with Gasteiger partial charge in [-0.1, -0.05) is 268 Å². The number of hydrogen-bond acceptors (Lipinski definition) is 6. The van der Waals surface area contributed by atoms with Crippen molar-refractivity contribution in [1.82, 2.24) is 5.32 Å². The average molecular weight is 1130 g/mol. The third-order valence-corrected chi connectivity index (χ3v) is 15.9. The van der Waals surface area contributed by atoms with Gasteiger partial charge in [0.1, 0.15) is 19.3 Å². The number of ether oxygens (including phenoxy) is 1. The first-order valence-electron chi connectivity index (χ1n) is 33.6. The molecule has 1 amide bonds. The molecule has 0 heterocycles. The number of amides is 1. The van der Waals surface area contributed by atoms with E-state index >= 15 is 0 Å². The Hall–Kier alpha value is -2.29. The van der Waals surface area contributed by atoms with Crippen molar-refractivity contribution < 1.29 is 37.3 Å². The molecule has 0 bridgehead atoms. The van der Waals surface area contributed by atoms with Crippen LogP contribution >= 0.6 is 7.82 Å². The van der Waals surface area contributed by atoms with Gasteiger partial charge in [0.15, 0.2) is 0 Å². The van der Waals surface area contributed by atoms with Crippen molar-refractivity contribution in [2.45, 2.75) is 328 Å². The lowest BCUT2D eigenvalue weighted by Crippen LogP contribution is -2.47. The summed E-state index contributed by atoms with van der Waals surface area (Å²) in [5, 5.41) is 3.05. The van der Waals surface area contributed by atoms with Gasteiger partial charge in [-0.15, -0.1) is 0 Å². The quantitative estimate of drug-likeness (QED) is 0.0205. The third-order valence-electron chi connectivity index (χ3n) is 14.9. The summed E-state index contributed by atoms with van der Waals surface area (Å²) < 4.78 is 30.7. The van der Waals surface area contributed by atoms with E-state index in [4.69, 9.17) is 13.8 Å². The summed E-state index contributed by atoms with van der Waals surface area (Å²) in [6, 6.07) is -0.856. The first-order chi connectivity index (χ1) is 38.4. The third kappa shape index (κ3) is 60.1. The fraction of sp³-hybridized carbons (Fsp3) is 0.826. The number of nitrogens with one attached hydrogen (secondary N) is 1. The van der Waals surface area contributed by atoms with Crippen LogP contribution in [0.4, 0.5) is 0 Å². The molecule has 10 heteroatoms. The van der Waals surface area contributed by atoms with Crippen LogP contribution in [0.5, 0.6) is 0 Å². The minimum atomic E-state index is -4.45. The maximum atomic E-state index is 13.5. The molecule has 0 fully saturated rings. The molecule has 2 N–H and O–H groups in total. The molecule has 0 aliphatic carbocycles. The number of carbonyl (C=O) groups is 2. The Bertz CT molecular complexity index is 1540. The summed E-state index contributed by atoms with van der Waals surface area (Å²) in [6.07, 6.45) is 75.2. The highest BCUT2D eigenvalue weighted by Crippen LogP contribution is 2.43. The van der Waals surface area contributed by atoms with Gasteiger partial charge in [0.25, 0.3) is 0 Å². The lowest BCUT2D eigenvalue weighted by Gasteiger charge is -2.27. The lowest BCUT2D eigenvalue weighted by molar-refractivity contribution is -0.870. The normalized spacial score (nSPS) is 14.0. The fourth-order valence-corrected chi connectivity index (χ4v) is 10.4. The summed E-state index contributed by atoms with van der Waals surface area (Å²) in [7, 11) is 1.49. The van der Waals surface area contributed by atoms with E-state index in [0.717, 1.165) is 83.5 Å². The predicted molar refractivity (Wildman–Crippen MR) is 342 cm³/mol. The molecule has 0 saturated carbocycles. The average Bonchev–Trinajstić information content (AvgIpc) is 3.41. The van der Waals surface area contributed by atoms with Crippen molar-refractivity contribution >= 4 is 19.7 Å². The van der Waals surface area contributed by atoms with Crippen LogP contribution in [-0.2, 0) is 27.9 Å². The Balaban J connectivity index is 5.03. The number of unbranched alkanes of at least 4 members (excludes halogenated alkanes) is 37. The zero-order valence-corrected chi connectivity index (χ0v) is 53.8. The highest BCUT2D eigenvalue weighted by atomic mass is 31.2. The van der Waals surface area contributed by atoms with Gasteiger partial charge >= 0.3 is 13.8 Å². The van der Waals surface area contributed by atoms with Crippen LogP contribution in [0.3, 0.4) is 0 Å². The van der Waals surface area contributed by atoms with Crippen molar-refractivity contribution in [3.63, 3.8) is 0 Å². The summed E-state index contributed by atoms with van der Waals surface area (Å²) in [4.78, 5) is 37.7. The summed E-state index contributed by atoms with van der Waals surface area (Å²) in [5.74, 6) is -0.515. The van der Waals surface area contributed by atoms with Gasteiger partial charge in [0, 0.05) is 12.8 Å². The van der Waals surface area contributed by atoms with Gasteiger partial charge in [0.05, 0.1) is 33.8 Å². The highest BCUT2D eigenvalue weighted by molar-refractivity contribution is 7.47. The van der Waals surface area contributed by atoms with E-state index in [9.17, 15) is 19.0 Å². The number of phosphoric acid groups is 1. The maximum absolute atomic E-state index is 13.5. The zero-order valence-electron chi connectivity index (χ0n) is 52.9. The number of rotatable bonds is 61. The minimum absolute atomic E-state index is 0.0376. The maximum Gasteiger partial charge on any atom is 0.472 e. The number of esters is 1. The van der Waals surface area contributed by atoms with E-state index in [1.165, 1.54) is 199 Å². The number of allylic oxidation sites excluding steroid dienone is 9. The van der Waals surface area contributed by atoms with Crippen molar-refractivity contribution in [3.8, 4) is 0 Å². The summed E-state index contributed by atoms with van der Waals surface area (Å²) in [6.45, 7) is 6.99. The van der Waals surface area contributed by atoms with Crippen LogP contribution in [0.25, 0.3) is 0 Å². The molecule has 0 saturated heterocycles. The molecule has 0 spiro atoms. The summed E-state index contributed by atoms with van der Waals surface area (Å²) in [5.41, 5.74) is 0. The van der Waals surface area contributed by atoms with E-state index in [1.807, 2.05) is 33.3 Å². The van der Waals surface area contributed by atoms with Crippen molar-refractivity contribution in [2.75, 3.05) is 40.9 Å². The van der Waals surface area contributed by atoms with Gasteiger partial charge in [0.2, 0.25) is 5.91 Å². The molecule has 3 unspecified atom stereocenters. The molecule has 79 heavy (non-hydrogen) atoms. The first-order valence-corrected chi connectivity index (χ1v) is 35.1. The van der Waals surface area contributed by atoms with E-state index in [-0.39, 0.29) is 31.5 Å². The Morgan fingerprint density at radius 1 is 0.443 bits per heavy atom. The second-order valence-electron chi connectivity index (χ2n) is 24.0. The van der Waals surface area contributed by atoms with E-state index in [1.54, 1.807) is 0 Å². The van der Waals surface area contributed by atoms with Crippen LogP contribution in [0.1, 0.15) is 316 Å². The number of quaternary nitrogens is 1. The zero-order chi connectivity index (χ0) is 57.9. The molecule has 9 nitrogen and oxygen atoms in total. The largest absolute Gasteiger partial charge is 0.472 e. The van der Waals surface area contributed by atoms with Crippen LogP contribution in [0, 0.1) is 0 Å². The first kappa shape index (κ1) is 76.7. The van der Waals surface area contributed by atoms with Crippen LogP contribution in [0.2, 0.25) is 0 Å². The van der Waals surface area contributed by atoms with Crippen molar-refractivity contribution in [2.24, 2.45) is 0 Å². The number of carbonyl (C=O) groups excluding carboxylic acids is 2. The second-order valence-corrected chi connectivity index (χ2v) is 25.4. The minimum Gasteiger partial charge on any atom is -0.456 e. The molecule has 3 atom stereocenters. The van der Waals surface area contributed by atoms with Crippen molar-refractivity contribution in [1.29, 1.82) is 0 Å². The van der Waals surface area contributed by atoms with E-state index in [2.05, 4.69) is 74.7 Å². The monoisotopic (exact) mass is 1130 g/mol. The lowest BCUT2D eigenvalue weighted by atomic mass is 10.0. The van der Waals surface area contributed by atoms with Gasteiger partial charge in [-0.2, -0.15) is 0 Å². The Labute approximate surface area is 490 Å². The molecular formula is C69H130N2O7P+. The number of phosphoric ester groups is 1. The Morgan fingerprint density at radius 2 is 0.772 bits per heavy atom. The molecule has 0 rings (SSSR count). The smallest absolute Gasteiger partial charge is 0.456 e. The number of hydrogen-bond donors (Lipinski definition) is 2. The predicted octanol–water partition coefficient (Wildman–Crippen LogP) is 21.0. The van der Waals surface area contributed by atoms with Gasteiger partial charge < -0.3 is 19.4 Å². The van der Waals surface area contributed by atoms with Gasteiger partial charge in [-0.05, 0) is 96.0 Å². The highest BCUT2D eigenvalue weighted by Gasteiger charge is 2.30. The molecular weight excluding hydrogens is 1000 g/mol. The topological polar surface area (TPSA) is 111 Å². The van der Waals surface area contributed by atoms with Gasteiger partial charge in [-0.3, -0.25) is 18.6 Å². The molecule has 0 aliphatic heterocycles. The molecule has 0 aliphatic rings. The van der Waals surface area contributed by atoms with Crippen LogP contribution in [0.15, 0.2) is 60.8 Å². The summed E-state index contributed by atoms with van der Waals surface area (Å²) >= 11 is 0. The van der Waals surface area contributed by atoms with E-state index in [0.29, 0.717) is 17.4 Å². The van der Waals surface area contributed by atoms with E-state index < -0.39 is 20.0 Å². The molecule has 0 aromatic carbocycles. The Morgan fingerprint density at radius 3 is 1.20 bits per heavy atom. The second kappa shape index (κ2) is 58.9. The van der Waals surface area contributed by atoms with Gasteiger partial charge in [-0.25, -0.2) is 4.57 Å². The van der Waals surface area contributed by atoms with Crippen molar-refractivity contribution in [3.05, 3.63) is 60.8 Å². The molecule has 462 valence electrons. The number of likely N-dealkylation sites (N-methyl/N-ethyl adjacent to an activating group) is 1. The number of nitrogens with zero attached hydrogens (tertiary/aromatic N) is 1.